The Labute approximate surface area is 235 Å². The summed E-state index contributed by atoms with van der Waals surface area (Å²) in [6.07, 6.45) is 2.06. The van der Waals surface area contributed by atoms with Gasteiger partial charge in [0.25, 0.3) is 5.91 Å². The Morgan fingerprint density at radius 1 is 0.897 bits per heavy atom. The van der Waals surface area contributed by atoms with Gasteiger partial charge in [-0.3, -0.25) is 4.79 Å². The highest BCUT2D eigenvalue weighted by Crippen LogP contribution is 2.33. The van der Waals surface area contributed by atoms with E-state index in [1.165, 1.54) is 16.0 Å². The smallest absolute Gasteiger partial charge is 0.254 e. The van der Waals surface area contributed by atoms with Crippen LogP contribution in [0.2, 0.25) is 0 Å². The summed E-state index contributed by atoms with van der Waals surface area (Å²) in [6.45, 7) is 9.82. The molecule has 0 bridgehead atoms. The third-order valence-electron chi connectivity index (χ3n) is 7.02. The highest BCUT2D eigenvalue weighted by molar-refractivity contribution is 7.99. The molecule has 0 unspecified atom stereocenters. The van der Waals surface area contributed by atoms with Crippen molar-refractivity contribution in [3.8, 4) is 16.9 Å². The zero-order chi connectivity index (χ0) is 27.4. The second-order valence-electron chi connectivity index (χ2n) is 9.96. The molecule has 0 spiro atoms. The summed E-state index contributed by atoms with van der Waals surface area (Å²) in [4.78, 5) is 17.7. The molecule has 0 fully saturated rings. The standard InChI is InChI=1S/C34H34N2O2S/c1-5-25(4)35-32-21-28(9-8-24(32)3)27-12-17-33-29(20-27)22-36(18-19-38-33)34(37)26-10-15-31(16-11-26)39-30-13-6-23(2)7-14-30/h5-17,20-21,35H,18-19,22H2,1-4H3/b25-5-. The van der Waals surface area contributed by atoms with E-state index in [0.717, 1.165) is 38.7 Å². The van der Waals surface area contributed by atoms with E-state index >= 15 is 0 Å². The number of hydrogen-bond donors (Lipinski definition) is 1. The van der Waals surface area contributed by atoms with Gasteiger partial charge >= 0.3 is 0 Å². The zero-order valence-electron chi connectivity index (χ0n) is 23.0. The first-order valence-corrected chi connectivity index (χ1v) is 14.1. The number of aryl methyl sites for hydroxylation is 2. The summed E-state index contributed by atoms with van der Waals surface area (Å²) in [5.74, 6) is 0.863. The highest BCUT2D eigenvalue weighted by Gasteiger charge is 2.22. The van der Waals surface area contributed by atoms with E-state index in [2.05, 4.69) is 86.8 Å². The van der Waals surface area contributed by atoms with Gasteiger partial charge in [-0.2, -0.15) is 0 Å². The Balaban J connectivity index is 1.33. The van der Waals surface area contributed by atoms with Crippen LogP contribution in [-0.2, 0) is 6.54 Å². The fourth-order valence-electron chi connectivity index (χ4n) is 4.56. The third kappa shape index (κ3) is 6.37. The number of amides is 1. The Bertz CT molecular complexity index is 1510. The highest BCUT2D eigenvalue weighted by atomic mass is 32.2. The predicted molar refractivity (Wildman–Crippen MR) is 162 cm³/mol. The van der Waals surface area contributed by atoms with E-state index in [1.54, 1.807) is 11.8 Å². The summed E-state index contributed by atoms with van der Waals surface area (Å²) < 4.78 is 6.04. The lowest BCUT2D eigenvalue weighted by Gasteiger charge is -2.20. The Kier molecular flexibility index (Phi) is 8.08. The maximum atomic E-state index is 13.5. The van der Waals surface area contributed by atoms with Crippen LogP contribution >= 0.6 is 11.8 Å². The Morgan fingerprint density at radius 2 is 1.56 bits per heavy atom. The summed E-state index contributed by atoms with van der Waals surface area (Å²) in [6, 6.07) is 29.1. The van der Waals surface area contributed by atoms with Crippen molar-refractivity contribution >= 4 is 23.4 Å². The minimum absolute atomic E-state index is 0.0207. The van der Waals surface area contributed by atoms with E-state index in [4.69, 9.17) is 4.74 Å². The SMILES string of the molecule is C/C=C(/C)Nc1cc(-c2ccc3c(c2)CN(C(=O)c2ccc(Sc4ccc(C)cc4)cc2)CCO3)ccc1C. The summed E-state index contributed by atoms with van der Waals surface area (Å²) in [5, 5.41) is 3.48. The van der Waals surface area contributed by atoms with Gasteiger partial charge in [-0.05, 0) is 99.0 Å². The van der Waals surface area contributed by atoms with E-state index in [9.17, 15) is 4.79 Å². The van der Waals surface area contributed by atoms with Gasteiger partial charge in [0.1, 0.15) is 12.4 Å². The average molecular weight is 535 g/mol. The van der Waals surface area contributed by atoms with Crippen molar-refractivity contribution in [1.82, 2.24) is 4.90 Å². The first kappa shape index (κ1) is 26.6. The number of anilines is 1. The molecule has 0 aromatic heterocycles. The van der Waals surface area contributed by atoms with E-state index in [0.29, 0.717) is 25.3 Å². The molecule has 4 aromatic rings. The molecule has 0 aliphatic carbocycles. The molecule has 0 saturated heterocycles. The second kappa shape index (κ2) is 11.8. The summed E-state index contributed by atoms with van der Waals surface area (Å²) >= 11 is 1.70. The molecule has 5 rings (SSSR count). The van der Waals surface area contributed by atoms with E-state index < -0.39 is 0 Å². The number of ether oxygens (including phenoxy) is 1. The molecule has 4 nitrogen and oxygen atoms in total. The largest absolute Gasteiger partial charge is 0.491 e. The molecular formula is C34H34N2O2S. The first-order chi connectivity index (χ1) is 18.9. The fourth-order valence-corrected chi connectivity index (χ4v) is 5.38. The minimum Gasteiger partial charge on any atom is -0.491 e. The normalized spacial score (nSPS) is 13.3. The summed E-state index contributed by atoms with van der Waals surface area (Å²) in [7, 11) is 0. The summed E-state index contributed by atoms with van der Waals surface area (Å²) in [5.41, 5.74) is 8.58. The topological polar surface area (TPSA) is 41.6 Å². The molecule has 0 radical (unpaired) electrons. The number of fused-ring (bicyclic) bond motifs is 1. The van der Waals surface area contributed by atoms with Crippen LogP contribution in [0.5, 0.6) is 5.75 Å². The molecule has 0 saturated carbocycles. The molecule has 1 aliphatic heterocycles. The number of hydrogen-bond acceptors (Lipinski definition) is 4. The van der Waals surface area contributed by atoms with Crippen LogP contribution in [0.1, 0.15) is 40.9 Å². The number of benzene rings is 4. The fraction of sp³-hybridized carbons (Fsp3) is 0.206. The number of nitrogens with one attached hydrogen (secondary N) is 1. The maximum absolute atomic E-state index is 13.5. The van der Waals surface area contributed by atoms with Crippen molar-refractivity contribution in [3.05, 3.63) is 119 Å². The first-order valence-electron chi connectivity index (χ1n) is 13.3. The van der Waals surface area contributed by atoms with Crippen LogP contribution in [0.25, 0.3) is 11.1 Å². The lowest BCUT2D eigenvalue weighted by atomic mass is 10.00. The molecule has 1 amide bonds. The van der Waals surface area contributed by atoms with Gasteiger partial charge in [-0.1, -0.05) is 53.7 Å². The third-order valence-corrected chi connectivity index (χ3v) is 8.04. The van der Waals surface area contributed by atoms with Gasteiger partial charge in [0.15, 0.2) is 0 Å². The molecule has 0 atom stereocenters. The second-order valence-corrected chi connectivity index (χ2v) is 11.1. The van der Waals surface area contributed by atoms with Crippen LogP contribution < -0.4 is 10.1 Å². The van der Waals surface area contributed by atoms with Gasteiger partial charge in [0.2, 0.25) is 0 Å². The van der Waals surface area contributed by atoms with Crippen molar-refractivity contribution in [3.63, 3.8) is 0 Å². The number of carbonyl (C=O) groups excluding carboxylic acids is 1. The van der Waals surface area contributed by atoms with Crippen molar-refractivity contribution in [2.75, 3.05) is 18.5 Å². The quantitative estimate of drug-likeness (QED) is 0.269. The Morgan fingerprint density at radius 3 is 2.28 bits per heavy atom. The molecule has 39 heavy (non-hydrogen) atoms. The van der Waals surface area contributed by atoms with Crippen LogP contribution in [0, 0.1) is 13.8 Å². The number of rotatable bonds is 6. The monoisotopic (exact) mass is 534 g/mol. The molecule has 198 valence electrons. The number of carbonyl (C=O) groups is 1. The van der Waals surface area contributed by atoms with Crippen LogP contribution in [0.4, 0.5) is 5.69 Å². The Hall–Kier alpha value is -3.96. The lowest BCUT2D eigenvalue weighted by molar-refractivity contribution is 0.0733. The van der Waals surface area contributed by atoms with Crippen LogP contribution in [0.3, 0.4) is 0 Å². The predicted octanol–water partition coefficient (Wildman–Crippen LogP) is 8.49. The van der Waals surface area contributed by atoms with Gasteiger partial charge in [0, 0.05) is 38.8 Å². The van der Waals surface area contributed by atoms with Gasteiger partial charge in [-0.25, -0.2) is 0 Å². The van der Waals surface area contributed by atoms with Gasteiger partial charge in [-0.15, -0.1) is 0 Å². The number of allylic oxidation sites excluding steroid dienone is 2. The van der Waals surface area contributed by atoms with Crippen molar-refractivity contribution in [1.29, 1.82) is 0 Å². The van der Waals surface area contributed by atoms with Gasteiger partial charge < -0.3 is 15.0 Å². The maximum Gasteiger partial charge on any atom is 0.254 e. The zero-order valence-corrected chi connectivity index (χ0v) is 23.8. The molecule has 4 aromatic carbocycles. The lowest BCUT2D eigenvalue weighted by Crippen LogP contribution is -2.32. The van der Waals surface area contributed by atoms with Crippen LogP contribution in [-0.4, -0.2) is 24.0 Å². The van der Waals surface area contributed by atoms with Crippen molar-refractivity contribution in [2.45, 2.75) is 44.0 Å². The molecule has 1 N–H and O–H groups in total. The number of nitrogens with zero attached hydrogens (tertiary/aromatic N) is 1. The van der Waals surface area contributed by atoms with E-state index in [1.807, 2.05) is 42.2 Å². The average Bonchev–Trinajstić information content (AvgIpc) is 3.17. The molecular weight excluding hydrogens is 500 g/mol. The molecule has 5 heteroatoms. The van der Waals surface area contributed by atoms with Crippen LogP contribution in [0.15, 0.2) is 106 Å². The van der Waals surface area contributed by atoms with Crippen molar-refractivity contribution in [2.24, 2.45) is 0 Å². The van der Waals surface area contributed by atoms with E-state index in [-0.39, 0.29) is 5.91 Å². The molecule has 1 heterocycles. The van der Waals surface area contributed by atoms with Crippen molar-refractivity contribution < 1.29 is 9.53 Å². The minimum atomic E-state index is 0.0207. The molecule has 1 aliphatic rings. The van der Waals surface area contributed by atoms with Gasteiger partial charge in [0.05, 0.1) is 6.54 Å².